The Kier molecular flexibility index (Phi) is 6.77. The zero-order valence-corrected chi connectivity index (χ0v) is 16.6. The first-order valence-corrected chi connectivity index (χ1v) is 9.68. The van der Waals surface area contributed by atoms with E-state index >= 15 is 0 Å². The number of aliphatic hydroxyl groups excluding tert-OH is 1. The third-order valence-electron chi connectivity index (χ3n) is 5.04. The maximum Gasteiger partial charge on any atom is 0.352 e. The minimum absolute atomic E-state index is 0.000998. The van der Waals surface area contributed by atoms with Crippen LogP contribution in [0.25, 0.3) is 0 Å². The summed E-state index contributed by atoms with van der Waals surface area (Å²) in [6.45, 7) is 3.71. The molecule has 9 nitrogen and oxygen atoms in total. The number of nitrogens with zero attached hydrogens (tertiary/aromatic N) is 1. The van der Waals surface area contributed by atoms with E-state index in [1.807, 2.05) is 0 Å². The van der Waals surface area contributed by atoms with Crippen LogP contribution in [0.1, 0.15) is 20.3 Å². The molecule has 152 valence electrons. The Labute approximate surface area is 162 Å². The van der Waals surface area contributed by atoms with Crippen LogP contribution in [-0.4, -0.2) is 82.1 Å². The van der Waals surface area contributed by atoms with Crippen molar-refractivity contribution in [2.75, 3.05) is 20.6 Å². The number of carbonyl (C=O) groups excluding carboxylic acids is 1. The SMILES string of the molecule is C[C@@H](O)[C@@H](C(=O)O)[C@@H]1NC(C(=O)O)=C(S[C@@H]2CN[C@H](C(=O)N(C)C)C2)[C@@H]1C. The first-order valence-electron chi connectivity index (χ1n) is 8.80. The van der Waals surface area contributed by atoms with Gasteiger partial charge in [-0.05, 0) is 13.3 Å². The normalized spacial score (nSPS) is 30.0. The predicted octanol–water partition coefficient (Wildman–Crippen LogP) is -0.476. The Balaban J connectivity index is 2.16. The van der Waals surface area contributed by atoms with Gasteiger partial charge in [-0.15, -0.1) is 11.8 Å². The molecule has 2 heterocycles. The summed E-state index contributed by atoms with van der Waals surface area (Å²) in [4.78, 5) is 37.4. The van der Waals surface area contributed by atoms with Gasteiger partial charge in [0.05, 0.1) is 12.1 Å². The highest BCUT2D eigenvalue weighted by Gasteiger charge is 2.45. The molecule has 0 spiro atoms. The Morgan fingerprint density at radius 2 is 1.89 bits per heavy atom. The lowest BCUT2D eigenvalue weighted by Crippen LogP contribution is -2.45. The van der Waals surface area contributed by atoms with Gasteiger partial charge in [0.2, 0.25) is 5.91 Å². The average Bonchev–Trinajstić information content (AvgIpc) is 3.13. The number of carbonyl (C=O) groups is 3. The molecule has 0 radical (unpaired) electrons. The fraction of sp³-hybridized carbons (Fsp3) is 0.706. The fourth-order valence-corrected chi connectivity index (χ4v) is 5.07. The highest BCUT2D eigenvalue weighted by Crippen LogP contribution is 2.41. The van der Waals surface area contributed by atoms with E-state index in [1.54, 1.807) is 21.0 Å². The Morgan fingerprint density at radius 1 is 1.26 bits per heavy atom. The van der Waals surface area contributed by atoms with Crippen LogP contribution < -0.4 is 10.6 Å². The van der Waals surface area contributed by atoms with Crippen molar-refractivity contribution in [3.63, 3.8) is 0 Å². The van der Waals surface area contributed by atoms with E-state index in [0.717, 1.165) is 0 Å². The number of aliphatic carboxylic acids is 2. The molecule has 1 fully saturated rings. The number of thioether (sulfide) groups is 1. The summed E-state index contributed by atoms with van der Waals surface area (Å²) in [6, 6.07) is -1.03. The number of carboxylic acid groups (broad SMARTS) is 2. The van der Waals surface area contributed by atoms with Gasteiger partial charge in [0, 0.05) is 42.8 Å². The molecule has 5 N–H and O–H groups in total. The van der Waals surface area contributed by atoms with Gasteiger partial charge < -0.3 is 30.9 Å². The lowest BCUT2D eigenvalue weighted by molar-refractivity contribution is -0.147. The first-order chi connectivity index (χ1) is 12.5. The first kappa shape index (κ1) is 21.5. The van der Waals surface area contributed by atoms with Crippen LogP contribution in [0.5, 0.6) is 0 Å². The highest BCUT2D eigenvalue weighted by molar-refractivity contribution is 8.03. The van der Waals surface area contributed by atoms with Crippen molar-refractivity contribution >= 4 is 29.6 Å². The molecule has 0 aromatic rings. The number of carboxylic acids is 2. The Morgan fingerprint density at radius 3 is 2.37 bits per heavy atom. The molecule has 0 aromatic carbocycles. The van der Waals surface area contributed by atoms with Crippen molar-refractivity contribution in [3.8, 4) is 0 Å². The number of rotatable bonds is 7. The molecule has 0 aromatic heterocycles. The zero-order chi connectivity index (χ0) is 20.5. The van der Waals surface area contributed by atoms with Gasteiger partial charge in [0.1, 0.15) is 11.6 Å². The van der Waals surface area contributed by atoms with Crippen LogP contribution in [0.15, 0.2) is 10.6 Å². The second-order valence-electron chi connectivity index (χ2n) is 7.28. The number of amides is 1. The van der Waals surface area contributed by atoms with E-state index in [0.29, 0.717) is 17.9 Å². The highest BCUT2D eigenvalue weighted by atomic mass is 32.2. The molecule has 1 amide bonds. The van der Waals surface area contributed by atoms with Gasteiger partial charge >= 0.3 is 11.9 Å². The van der Waals surface area contributed by atoms with Gasteiger partial charge in [-0.2, -0.15) is 0 Å². The standard InChI is InChI=1S/C17H27N3O6S/c1-7-12(11(8(2)21)16(23)24)19-13(17(25)26)14(7)27-9-5-10(18-6-9)15(22)20(3)4/h7-12,18-19,21H,5-6H2,1-4H3,(H,23,24)(H,25,26)/t7-,8-,9+,10+,11-,12-/m1/s1. The van der Waals surface area contributed by atoms with E-state index in [1.165, 1.54) is 23.6 Å². The third kappa shape index (κ3) is 4.56. The largest absolute Gasteiger partial charge is 0.481 e. The monoisotopic (exact) mass is 401 g/mol. The average molecular weight is 401 g/mol. The maximum absolute atomic E-state index is 12.1. The van der Waals surface area contributed by atoms with E-state index in [2.05, 4.69) is 10.6 Å². The summed E-state index contributed by atoms with van der Waals surface area (Å²) in [7, 11) is 3.37. The van der Waals surface area contributed by atoms with Crippen LogP contribution >= 0.6 is 11.8 Å². The van der Waals surface area contributed by atoms with Crippen molar-refractivity contribution in [3.05, 3.63) is 10.6 Å². The van der Waals surface area contributed by atoms with Gasteiger partial charge in [-0.1, -0.05) is 6.92 Å². The summed E-state index contributed by atoms with van der Waals surface area (Å²) < 4.78 is 0. The molecular formula is C17H27N3O6S. The van der Waals surface area contributed by atoms with E-state index in [4.69, 9.17) is 0 Å². The van der Waals surface area contributed by atoms with Crippen LogP contribution in [0.4, 0.5) is 0 Å². The number of likely N-dealkylation sites (N-methyl/N-ethyl adjacent to an activating group) is 1. The number of nitrogens with one attached hydrogen (secondary N) is 2. The third-order valence-corrected chi connectivity index (χ3v) is 6.56. The minimum atomic E-state index is -1.18. The van der Waals surface area contributed by atoms with Crippen LogP contribution in [0, 0.1) is 11.8 Å². The Hall–Kier alpha value is -1.78. The maximum atomic E-state index is 12.1. The second kappa shape index (κ2) is 8.49. The smallest absolute Gasteiger partial charge is 0.352 e. The van der Waals surface area contributed by atoms with Crippen LogP contribution in [0.2, 0.25) is 0 Å². The van der Waals surface area contributed by atoms with Crippen molar-refractivity contribution in [2.24, 2.45) is 11.8 Å². The molecule has 2 aliphatic rings. The number of aliphatic hydroxyl groups is 1. The van der Waals surface area contributed by atoms with E-state index < -0.39 is 30.0 Å². The molecule has 0 unspecified atom stereocenters. The van der Waals surface area contributed by atoms with E-state index in [9.17, 15) is 29.7 Å². The topological polar surface area (TPSA) is 139 Å². The molecule has 0 aliphatic carbocycles. The van der Waals surface area contributed by atoms with E-state index in [-0.39, 0.29) is 28.8 Å². The predicted molar refractivity (Wildman–Crippen MR) is 100 cm³/mol. The lowest BCUT2D eigenvalue weighted by atomic mass is 9.87. The van der Waals surface area contributed by atoms with Crippen LogP contribution in [0.3, 0.4) is 0 Å². The molecule has 0 bridgehead atoms. The molecule has 2 rings (SSSR count). The zero-order valence-electron chi connectivity index (χ0n) is 15.8. The van der Waals surface area contributed by atoms with Crippen molar-refractivity contribution in [1.29, 1.82) is 0 Å². The molecule has 27 heavy (non-hydrogen) atoms. The second-order valence-corrected chi connectivity index (χ2v) is 8.62. The Bertz CT molecular complexity index is 651. The van der Waals surface area contributed by atoms with Gasteiger partial charge in [0.15, 0.2) is 0 Å². The van der Waals surface area contributed by atoms with Crippen molar-refractivity contribution in [1.82, 2.24) is 15.5 Å². The molecule has 2 aliphatic heterocycles. The number of hydrogen-bond acceptors (Lipinski definition) is 7. The summed E-state index contributed by atoms with van der Waals surface area (Å²) in [6.07, 6.45) is -0.564. The summed E-state index contributed by atoms with van der Waals surface area (Å²) in [5, 5.41) is 34.8. The van der Waals surface area contributed by atoms with Crippen LogP contribution in [-0.2, 0) is 14.4 Å². The van der Waals surface area contributed by atoms with Gasteiger partial charge in [-0.25, -0.2) is 4.79 Å². The quantitative estimate of drug-likeness (QED) is 0.383. The fourth-order valence-electron chi connectivity index (χ4n) is 3.62. The lowest BCUT2D eigenvalue weighted by Gasteiger charge is -2.27. The summed E-state index contributed by atoms with van der Waals surface area (Å²) in [5.41, 5.74) is -0.0215. The molecule has 6 atom stereocenters. The summed E-state index contributed by atoms with van der Waals surface area (Å²) in [5.74, 6) is -3.88. The minimum Gasteiger partial charge on any atom is -0.481 e. The molecule has 0 saturated carbocycles. The molecule has 10 heteroatoms. The van der Waals surface area contributed by atoms with Gasteiger partial charge in [0.25, 0.3) is 0 Å². The van der Waals surface area contributed by atoms with Gasteiger partial charge in [-0.3, -0.25) is 9.59 Å². The van der Waals surface area contributed by atoms with Crippen molar-refractivity contribution < 1.29 is 29.7 Å². The molecular weight excluding hydrogens is 374 g/mol. The summed E-state index contributed by atoms with van der Waals surface area (Å²) >= 11 is 1.37. The number of hydrogen-bond donors (Lipinski definition) is 5. The molecule has 1 saturated heterocycles. The van der Waals surface area contributed by atoms with Crippen molar-refractivity contribution in [2.45, 2.75) is 43.7 Å².